The van der Waals surface area contributed by atoms with Crippen LogP contribution in [-0.4, -0.2) is 39.4 Å². The maximum Gasteiger partial charge on any atom is 0.264 e. The number of hydrogen-bond donors (Lipinski definition) is 0. The van der Waals surface area contributed by atoms with Crippen molar-refractivity contribution in [2.45, 2.75) is 37.2 Å². The maximum atomic E-state index is 13.4. The van der Waals surface area contributed by atoms with Crippen LogP contribution in [0.4, 0.5) is 5.69 Å². The van der Waals surface area contributed by atoms with Crippen molar-refractivity contribution in [3.63, 3.8) is 0 Å². The number of benzene rings is 3. The zero-order valence-electron chi connectivity index (χ0n) is 19.1. The number of methoxy groups -OCH3 is 1. The number of carbonyl (C=O) groups excluding carboxylic acids is 1. The fourth-order valence-electron chi connectivity index (χ4n) is 3.69. The monoisotopic (exact) mass is 464 g/mol. The number of rotatable bonds is 8. The molecule has 4 rings (SSSR count). The highest BCUT2D eigenvalue weighted by Gasteiger charge is 2.33. The molecule has 1 amide bonds. The van der Waals surface area contributed by atoms with Gasteiger partial charge in [-0.2, -0.15) is 0 Å². The van der Waals surface area contributed by atoms with Gasteiger partial charge in [-0.15, -0.1) is 0 Å². The van der Waals surface area contributed by atoms with E-state index in [9.17, 15) is 13.2 Å². The maximum absolute atomic E-state index is 13.4. The van der Waals surface area contributed by atoms with Gasteiger partial charge in [0.1, 0.15) is 5.75 Å². The Labute approximate surface area is 195 Å². The molecular formula is C26H28N2O4S. The van der Waals surface area contributed by atoms with Crippen LogP contribution in [0.2, 0.25) is 0 Å². The van der Waals surface area contributed by atoms with E-state index < -0.39 is 10.0 Å². The van der Waals surface area contributed by atoms with Gasteiger partial charge in [-0.25, -0.2) is 8.42 Å². The molecule has 7 heteroatoms. The average Bonchev–Trinajstić information content (AvgIpc) is 3.68. The first kappa shape index (κ1) is 22.9. The highest BCUT2D eigenvalue weighted by atomic mass is 32.2. The molecule has 0 spiro atoms. The lowest BCUT2D eigenvalue weighted by molar-refractivity contribution is 0.0729. The summed E-state index contributed by atoms with van der Waals surface area (Å²) in [4.78, 5) is 15.3. The first-order chi connectivity index (χ1) is 15.8. The van der Waals surface area contributed by atoms with Crippen molar-refractivity contribution in [3.05, 3.63) is 89.5 Å². The lowest BCUT2D eigenvalue weighted by Crippen LogP contribution is -2.33. The molecule has 0 radical (unpaired) electrons. The molecule has 0 aromatic heterocycles. The van der Waals surface area contributed by atoms with Crippen LogP contribution in [0.1, 0.15) is 34.3 Å². The Kier molecular flexibility index (Phi) is 6.42. The third-order valence-corrected chi connectivity index (χ3v) is 7.68. The number of carbonyl (C=O) groups is 1. The summed E-state index contributed by atoms with van der Waals surface area (Å²) in [6.45, 7) is 2.42. The van der Waals surface area contributed by atoms with Crippen molar-refractivity contribution in [2.75, 3.05) is 18.5 Å². The van der Waals surface area contributed by atoms with Gasteiger partial charge >= 0.3 is 0 Å². The second-order valence-corrected chi connectivity index (χ2v) is 10.3. The molecule has 0 aliphatic heterocycles. The van der Waals surface area contributed by atoms with Crippen molar-refractivity contribution in [1.82, 2.24) is 4.90 Å². The van der Waals surface area contributed by atoms with E-state index in [2.05, 4.69) is 0 Å². The van der Waals surface area contributed by atoms with E-state index in [0.717, 1.165) is 29.7 Å². The number of aryl methyl sites for hydroxylation is 1. The van der Waals surface area contributed by atoms with Gasteiger partial charge in [0.15, 0.2) is 0 Å². The van der Waals surface area contributed by atoms with Gasteiger partial charge in [0.05, 0.1) is 17.7 Å². The van der Waals surface area contributed by atoms with Crippen LogP contribution in [0.3, 0.4) is 0 Å². The van der Waals surface area contributed by atoms with Gasteiger partial charge in [-0.05, 0) is 67.8 Å². The van der Waals surface area contributed by atoms with Crippen LogP contribution in [0.15, 0.2) is 77.7 Å². The van der Waals surface area contributed by atoms with Crippen LogP contribution in [0, 0.1) is 6.92 Å². The molecule has 0 heterocycles. The quantitative estimate of drug-likeness (QED) is 0.487. The summed E-state index contributed by atoms with van der Waals surface area (Å²) in [5, 5.41) is 0. The number of sulfonamides is 1. The third-order valence-electron chi connectivity index (χ3n) is 5.90. The molecule has 0 N–H and O–H groups in total. The summed E-state index contributed by atoms with van der Waals surface area (Å²) >= 11 is 0. The topological polar surface area (TPSA) is 66.9 Å². The highest BCUT2D eigenvalue weighted by molar-refractivity contribution is 7.92. The lowest BCUT2D eigenvalue weighted by atomic mass is 10.1. The molecule has 0 bridgehead atoms. The Morgan fingerprint density at radius 3 is 2.27 bits per heavy atom. The number of hydrogen-bond acceptors (Lipinski definition) is 4. The van der Waals surface area contributed by atoms with Gasteiger partial charge in [-0.3, -0.25) is 9.10 Å². The molecule has 0 atom stereocenters. The number of ether oxygens (including phenoxy) is 1. The van der Waals surface area contributed by atoms with Gasteiger partial charge in [0.25, 0.3) is 15.9 Å². The SMILES string of the molecule is COc1ccc(CN(C(=O)c2cccc(S(=O)(=O)N(C)c3ccc(C)cc3)c2)C2CC2)cc1. The smallest absolute Gasteiger partial charge is 0.264 e. The van der Waals surface area contributed by atoms with E-state index in [4.69, 9.17) is 4.74 Å². The third kappa shape index (κ3) is 5.03. The zero-order chi connectivity index (χ0) is 23.6. The van der Waals surface area contributed by atoms with Crippen LogP contribution >= 0.6 is 0 Å². The largest absolute Gasteiger partial charge is 0.497 e. The lowest BCUT2D eigenvalue weighted by Gasteiger charge is -2.24. The Morgan fingerprint density at radius 2 is 1.67 bits per heavy atom. The summed E-state index contributed by atoms with van der Waals surface area (Å²) in [5.74, 6) is 0.599. The van der Waals surface area contributed by atoms with Crippen molar-refractivity contribution >= 4 is 21.6 Å². The zero-order valence-corrected chi connectivity index (χ0v) is 19.9. The van der Waals surface area contributed by atoms with Crippen molar-refractivity contribution in [2.24, 2.45) is 0 Å². The predicted molar refractivity (Wildman–Crippen MR) is 129 cm³/mol. The van der Waals surface area contributed by atoms with E-state index in [-0.39, 0.29) is 16.8 Å². The average molecular weight is 465 g/mol. The number of amides is 1. The van der Waals surface area contributed by atoms with Crippen molar-refractivity contribution in [1.29, 1.82) is 0 Å². The van der Waals surface area contributed by atoms with Crippen molar-refractivity contribution < 1.29 is 17.9 Å². The number of nitrogens with zero attached hydrogens (tertiary/aromatic N) is 2. The fraction of sp³-hybridized carbons (Fsp3) is 0.269. The van der Waals surface area contributed by atoms with Crippen LogP contribution < -0.4 is 9.04 Å². The van der Waals surface area contributed by atoms with Crippen molar-refractivity contribution in [3.8, 4) is 5.75 Å². The molecule has 1 aliphatic rings. The molecule has 0 unspecified atom stereocenters. The minimum Gasteiger partial charge on any atom is -0.497 e. The molecule has 3 aromatic carbocycles. The second-order valence-electron chi connectivity index (χ2n) is 8.35. The Morgan fingerprint density at radius 1 is 1.00 bits per heavy atom. The Bertz CT molecular complexity index is 1230. The van der Waals surface area contributed by atoms with E-state index in [1.807, 2.05) is 48.2 Å². The molecule has 172 valence electrons. The molecule has 1 saturated carbocycles. The van der Waals surface area contributed by atoms with Gasteiger partial charge in [-0.1, -0.05) is 35.9 Å². The summed E-state index contributed by atoms with van der Waals surface area (Å²) in [6.07, 6.45) is 1.91. The molecule has 33 heavy (non-hydrogen) atoms. The van der Waals surface area contributed by atoms with Crippen LogP contribution in [0.25, 0.3) is 0 Å². The van der Waals surface area contributed by atoms with Gasteiger partial charge in [0.2, 0.25) is 0 Å². The summed E-state index contributed by atoms with van der Waals surface area (Å²) in [6, 6.07) is 21.4. The Balaban J connectivity index is 1.58. The van der Waals surface area contributed by atoms with Crippen LogP contribution in [0.5, 0.6) is 5.75 Å². The molecular weight excluding hydrogens is 436 g/mol. The van der Waals surface area contributed by atoms with Gasteiger partial charge < -0.3 is 9.64 Å². The normalized spacial score (nSPS) is 13.4. The number of anilines is 1. The predicted octanol–water partition coefficient (Wildman–Crippen LogP) is 4.63. The van der Waals surface area contributed by atoms with Crippen LogP contribution in [-0.2, 0) is 16.6 Å². The summed E-state index contributed by atoms with van der Waals surface area (Å²) in [7, 11) is -0.669. The fourth-order valence-corrected chi connectivity index (χ4v) is 4.93. The molecule has 1 fully saturated rings. The summed E-state index contributed by atoms with van der Waals surface area (Å²) < 4.78 is 33.0. The molecule has 0 saturated heterocycles. The standard InChI is InChI=1S/C26H28N2O4S/c1-19-7-11-22(12-8-19)27(2)33(30,31)25-6-4-5-21(17-25)26(29)28(23-13-14-23)18-20-9-15-24(32-3)16-10-20/h4-12,15-17,23H,13-14,18H2,1-3H3. The second kappa shape index (κ2) is 9.27. The molecule has 6 nitrogen and oxygen atoms in total. The van der Waals surface area contributed by atoms with E-state index in [0.29, 0.717) is 17.8 Å². The van der Waals surface area contributed by atoms with E-state index >= 15 is 0 Å². The minimum atomic E-state index is -3.81. The Hall–Kier alpha value is -3.32. The first-order valence-electron chi connectivity index (χ1n) is 10.9. The molecule has 1 aliphatic carbocycles. The highest BCUT2D eigenvalue weighted by Crippen LogP contribution is 2.31. The molecule has 3 aromatic rings. The van der Waals surface area contributed by atoms with E-state index in [1.165, 1.54) is 23.5 Å². The first-order valence-corrected chi connectivity index (χ1v) is 12.3. The summed E-state index contributed by atoms with van der Waals surface area (Å²) in [5.41, 5.74) is 2.98. The van der Waals surface area contributed by atoms with E-state index in [1.54, 1.807) is 31.4 Å². The minimum absolute atomic E-state index is 0.0941. The van der Waals surface area contributed by atoms with Gasteiger partial charge in [0, 0.05) is 25.2 Å².